The number of carbonyl (C=O) groups is 1. The summed E-state index contributed by atoms with van der Waals surface area (Å²) in [5, 5.41) is 9.34. The molecule has 0 fully saturated rings. The molecule has 0 aliphatic heterocycles. The van der Waals surface area contributed by atoms with Crippen LogP contribution in [0.5, 0.6) is 0 Å². The van der Waals surface area contributed by atoms with E-state index < -0.39 is 47.2 Å². The van der Waals surface area contributed by atoms with Crippen molar-refractivity contribution >= 4 is 22.5 Å². The Hall–Kier alpha value is -3.44. The lowest BCUT2D eigenvalue weighted by atomic mass is 10.1. The molecular formula is C17H10F6N4O2. The van der Waals surface area contributed by atoms with Gasteiger partial charge in [0.15, 0.2) is 0 Å². The Morgan fingerprint density at radius 1 is 0.966 bits per heavy atom. The first kappa shape index (κ1) is 20.3. The van der Waals surface area contributed by atoms with E-state index in [0.29, 0.717) is 16.8 Å². The number of aromatic nitrogens is 3. The Bertz CT molecular complexity index is 1100. The van der Waals surface area contributed by atoms with Gasteiger partial charge in [0.1, 0.15) is 12.1 Å². The minimum absolute atomic E-state index is 0.0606. The van der Waals surface area contributed by atoms with Gasteiger partial charge in [-0.15, -0.1) is 5.10 Å². The molecule has 0 atom stereocenters. The Labute approximate surface area is 157 Å². The third kappa shape index (κ3) is 4.52. The standard InChI is InChI=1S/C17H10F6N4O2/c18-16(19,20)9-5-10(17(21,22)23)7-11(6-9)24-14(28)8-27-15(29)12-3-1-2-4-13(12)25-26-27/h1-7H,8H2,(H,24,28). The fourth-order valence-corrected chi connectivity index (χ4v) is 2.49. The number of alkyl halides is 6. The van der Waals surface area contributed by atoms with Gasteiger partial charge in [0.05, 0.1) is 16.5 Å². The van der Waals surface area contributed by atoms with Crippen molar-refractivity contribution in [3.8, 4) is 0 Å². The van der Waals surface area contributed by atoms with Crippen LogP contribution in [0.15, 0.2) is 47.3 Å². The van der Waals surface area contributed by atoms with Gasteiger partial charge in [-0.05, 0) is 30.3 Å². The summed E-state index contributed by atoms with van der Waals surface area (Å²) in [4.78, 5) is 24.4. The Morgan fingerprint density at radius 3 is 2.14 bits per heavy atom. The molecule has 1 N–H and O–H groups in total. The van der Waals surface area contributed by atoms with Crippen molar-refractivity contribution in [2.75, 3.05) is 5.32 Å². The van der Waals surface area contributed by atoms with Gasteiger partial charge in [-0.25, -0.2) is 4.68 Å². The number of nitrogens with one attached hydrogen (secondary N) is 1. The van der Waals surface area contributed by atoms with Crippen LogP contribution in [0.4, 0.5) is 32.0 Å². The Kier molecular flexibility index (Phi) is 5.03. The molecule has 1 amide bonds. The van der Waals surface area contributed by atoms with Crippen LogP contribution in [0.1, 0.15) is 11.1 Å². The monoisotopic (exact) mass is 416 g/mol. The number of carbonyl (C=O) groups excluding carboxylic acids is 1. The average Bonchev–Trinajstić information content (AvgIpc) is 2.62. The molecule has 0 radical (unpaired) electrons. The van der Waals surface area contributed by atoms with Crippen LogP contribution in [0.25, 0.3) is 10.9 Å². The summed E-state index contributed by atoms with van der Waals surface area (Å²) in [6, 6.07) is 6.77. The van der Waals surface area contributed by atoms with E-state index in [1.807, 2.05) is 5.32 Å². The second-order valence-electron chi connectivity index (χ2n) is 5.91. The summed E-state index contributed by atoms with van der Waals surface area (Å²) < 4.78 is 77.9. The van der Waals surface area contributed by atoms with Crippen LogP contribution in [-0.2, 0) is 23.7 Å². The highest BCUT2D eigenvalue weighted by Crippen LogP contribution is 2.37. The second-order valence-corrected chi connectivity index (χ2v) is 5.91. The molecule has 152 valence electrons. The van der Waals surface area contributed by atoms with Gasteiger partial charge in [-0.3, -0.25) is 9.59 Å². The maximum atomic E-state index is 12.9. The maximum Gasteiger partial charge on any atom is 0.416 e. The fraction of sp³-hybridized carbons (Fsp3) is 0.176. The van der Waals surface area contributed by atoms with Crippen molar-refractivity contribution < 1.29 is 31.1 Å². The molecule has 1 heterocycles. The molecule has 0 aliphatic carbocycles. The third-order valence-corrected chi connectivity index (χ3v) is 3.79. The van der Waals surface area contributed by atoms with Crippen LogP contribution < -0.4 is 10.9 Å². The lowest BCUT2D eigenvalue weighted by Gasteiger charge is -2.15. The zero-order valence-electron chi connectivity index (χ0n) is 14.2. The largest absolute Gasteiger partial charge is 0.416 e. The fourth-order valence-electron chi connectivity index (χ4n) is 2.49. The second kappa shape index (κ2) is 7.18. The van der Waals surface area contributed by atoms with Gasteiger partial charge in [-0.1, -0.05) is 17.3 Å². The van der Waals surface area contributed by atoms with E-state index in [1.54, 1.807) is 12.1 Å². The Balaban J connectivity index is 1.89. The number of nitrogens with zero attached hydrogens (tertiary/aromatic N) is 3. The highest BCUT2D eigenvalue weighted by molar-refractivity contribution is 5.91. The smallest absolute Gasteiger partial charge is 0.324 e. The van der Waals surface area contributed by atoms with Crippen LogP contribution >= 0.6 is 0 Å². The molecule has 0 bridgehead atoms. The molecule has 2 aromatic carbocycles. The first-order chi connectivity index (χ1) is 13.4. The molecule has 1 aromatic heterocycles. The minimum Gasteiger partial charge on any atom is -0.324 e. The topological polar surface area (TPSA) is 76.9 Å². The average molecular weight is 416 g/mol. The number of anilines is 1. The van der Waals surface area contributed by atoms with Crippen molar-refractivity contribution in [2.45, 2.75) is 18.9 Å². The number of hydrogen-bond donors (Lipinski definition) is 1. The minimum atomic E-state index is -5.05. The van der Waals surface area contributed by atoms with Gasteiger partial charge in [-0.2, -0.15) is 26.3 Å². The SMILES string of the molecule is O=C(Cn1nnc2ccccc2c1=O)Nc1cc(C(F)(F)F)cc(C(F)(F)F)c1. The summed E-state index contributed by atoms with van der Waals surface area (Å²) in [6.45, 7) is -0.756. The third-order valence-electron chi connectivity index (χ3n) is 3.79. The van der Waals surface area contributed by atoms with Crippen molar-refractivity contribution in [3.05, 3.63) is 63.9 Å². The van der Waals surface area contributed by atoms with Gasteiger partial charge >= 0.3 is 12.4 Å². The van der Waals surface area contributed by atoms with E-state index in [2.05, 4.69) is 10.3 Å². The molecule has 12 heteroatoms. The molecule has 0 aliphatic rings. The number of halogens is 6. The van der Waals surface area contributed by atoms with Crippen LogP contribution in [-0.4, -0.2) is 20.9 Å². The Morgan fingerprint density at radius 2 is 1.55 bits per heavy atom. The number of amides is 1. The van der Waals surface area contributed by atoms with E-state index in [0.717, 1.165) is 0 Å². The number of hydrogen-bond acceptors (Lipinski definition) is 4. The molecule has 0 spiro atoms. The van der Waals surface area contributed by atoms with Crippen molar-refractivity contribution in [1.29, 1.82) is 0 Å². The summed E-state index contributed by atoms with van der Waals surface area (Å²) in [5.41, 5.74) is -4.30. The van der Waals surface area contributed by atoms with Crippen LogP contribution in [0.2, 0.25) is 0 Å². The summed E-state index contributed by atoms with van der Waals surface area (Å²) in [7, 11) is 0. The highest BCUT2D eigenvalue weighted by atomic mass is 19.4. The van der Waals surface area contributed by atoms with E-state index in [-0.39, 0.29) is 17.0 Å². The predicted molar refractivity (Wildman–Crippen MR) is 88.9 cm³/mol. The van der Waals surface area contributed by atoms with E-state index >= 15 is 0 Å². The maximum absolute atomic E-state index is 12.9. The quantitative estimate of drug-likeness (QED) is 0.664. The molecule has 6 nitrogen and oxygen atoms in total. The van der Waals surface area contributed by atoms with Crippen molar-refractivity contribution in [1.82, 2.24) is 15.0 Å². The van der Waals surface area contributed by atoms with E-state index in [1.165, 1.54) is 12.1 Å². The van der Waals surface area contributed by atoms with Crippen LogP contribution in [0, 0.1) is 0 Å². The lowest BCUT2D eigenvalue weighted by molar-refractivity contribution is -0.143. The van der Waals surface area contributed by atoms with Gasteiger partial charge in [0.25, 0.3) is 5.56 Å². The highest BCUT2D eigenvalue weighted by Gasteiger charge is 2.37. The lowest BCUT2D eigenvalue weighted by Crippen LogP contribution is -2.30. The van der Waals surface area contributed by atoms with Gasteiger partial charge < -0.3 is 5.32 Å². The summed E-state index contributed by atoms with van der Waals surface area (Å²) in [6.07, 6.45) is -10.1. The molecule has 29 heavy (non-hydrogen) atoms. The zero-order chi connectivity index (χ0) is 21.4. The van der Waals surface area contributed by atoms with Gasteiger partial charge in [0, 0.05) is 5.69 Å². The van der Waals surface area contributed by atoms with Crippen molar-refractivity contribution in [3.63, 3.8) is 0 Å². The molecule has 0 unspecified atom stereocenters. The molecule has 3 aromatic rings. The summed E-state index contributed by atoms with van der Waals surface area (Å²) in [5.74, 6) is -1.05. The number of rotatable bonds is 3. The molecular weight excluding hydrogens is 406 g/mol. The van der Waals surface area contributed by atoms with Gasteiger partial charge in [0.2, 0.25) is 5.91 Å². The predicted octanol–water partition coefficient (Wildman–Crippen LogP) is 3.47. The molecule has 3 rings (SSSR count). The van der Waals surface area contributed by atoms with E-state index in [4.69, 9.17) is 0 Å². The number of fused-ring (bicyclic) bond motifs is 1. The first-order valence-electron chi connectivity index (χ1n) is 7.87. The number of benzene rings is 2. The van der Waals surface area contributed by atoms with Crippen molar-refractivity contribution in [2.24, 2.45) is 0 Å². The normalized spacial score (nSPS) is 12.2. The van der Waals surface area contributed by atoms with Crippen LogP contribution in [0.3, 0.4) is 0 Å². The first-order valence-corrected chi connectivity index (χ1v) is 7.87. The van der Waals surface area contributed by atoms with E-state index in [9.17, 15) is 35.9 Å². The zero-order valence-corrected chi connectivity index (χ0v) is 14.2. The summed E-state index contributed by atoms with van der Waals surface area (Å²) >= 11 is 0. The molecule has 0 saturated heterocycles. The molecule has 0 saturated carbocycles.